The topological polar surface area (TPSA) is 88.0 Å². The zero-order chi connectivity index (χ0) is 26.3. The summed E-state index contributed by atoms with van der Waals surface area (Å²) in [5, 5.41) is 12.9. The molecule has 7 heteroatoms. The number of carboxylic acids is 1. The molecule has 1 aromatic heterocycles. The third-order valence-electron chi connectivity index (χ3n) is 6.51. The predicted molar refractivity (Wildman–Crippen MR) is 150 cm³/mol. The summed E-state index contributed by atoms with van der Waals surface area (Å²) in [6, 6.07) is 24.1. The predicted octanol–water partition coefficient (Wildman–Crippen LogP) is 6.58. The zero-order valence-electron chi connectivity index (χ0n) is 20.9. The van der Waals surface area contributed by atoms with Crippen LogP contribution in [0, 0.1) is 0 Å². The molecule has 2 N–H and O–H groups in total. The highest BCUT2D eigenvalue weighted by Gasteiger charge is 2.25. The number of nitrogens with one attached hydrogen (secondary N) is 1. The SMILES string of the molecule is O=C(O)c1ccc(COc2ccccc2C=Nc2sc3c(c2C(=O)NCc2ccccc2)CCCC3)cc1. The molecule has 1 heterocycles. The summed E-state index contributed by atoms with van der Waals surface area (Å²) in [6.45, 7) is 0.767. The molecule has 0 fully saturated rings. The van der Waals surface area contributed by atoms with Gasteiger partial charge in [-0.15, -0.1) is 11.3 Å². The van der Waals surface area contributed by atoms with Crippen LogP contribution in [0.1, 0.15) is 60.7 Å². The van der Waals surface area contributed by atoms with E-state index in [1.54, 1.807) is 41.8 Å². The fourth-order valence-corrected chi connectivity index (χ4v) is 5.73. The van der Waals surface area contributed by atoms with Gasteiger partial charge in [-0.2, -0.15) is 0 Å². The van der Waals surface area contributed by atoms with E-state index in [9.17, 15) is 9.59 Å². The van der Waals surface area contributed by atoms with E-state index in [4.69, 9.17) is 14.8 Å². The number of aryl methyl sites for hydroxylation is 1. The molecule has 1 aliphatic rings. The second-order valence-electron chi connectivity index (χ2n) is 9.15. The van der Waals surface area contributed by atoms with Gasteiger partial charge >= 0.3 is 5.97 Å². The molecule has 38 heavy (non-hydrogen) atoms. The van der Waals surface area contributed by atoms with Crippen LogP contribution in [-0.4, -0.2) is 23.2 Å². The van der Waals surface area contributed by atoms with Crippen LogP contribution in [0.25, 0.3) is 0 Å². The fraction of sp³-hybridized carbons (Fsp3) is 0.194. The Labute approximate surface area is 225 Å². The first-order valence-electron chi connectivity index (χ1n) is 12.6. The van der Waals surface area contributed by atoms with Gasteiger partial charge in [0, 0.05) is 23.2 Å². The largest absolute Gasteiger partial charge is 0.488 e. The molecule has 0 atom stereocenters. The van der Waals surface area contributed by atoms with E-state index in [1.165, 1.54) is 4.88 Å². The lowest BCUT2D eigenvalue weighted by atomic mass is 9.95. The van der Waals surface area contributed by atoms with Crippen LogP contribution in [0.15, 0.2) is 83.9 Å². The first kappa shape index (κ1) is 25.4. The number of amides is 1. The number of thiophene rings is 1. The molecule has 0 saturated carbocycles. The van der Waals surface area contributed by atoms with Gasteiger partial charge in [0.15, 0.2) is 0 Å². The maximum absolute atomic E-state index is 13.3. The summed E-state index contributed by atoms with van der Waals surface area (Å²) in [5.74, 6) is -0.382. The van der Waals surface area contributed by atoms with E-state index in [2.05, 4.69) is 5.32 Å². The molecule has 3 aromatic carbocycles. The minimum absolute atomic E-state index is 0.0882. The number of benzene rings is 3. The summed E-state index contributed by atoms with van der Waals surface area (Å²) in [7, 11) is 0. The molecular formula is C31H28N2O4S. The second-order valence-corrected chi connectivity index (χ2v) is 10.2. The summed E-state index contributed by atoms with van der Waals surface area (Å²) in [4.78, 5) is 30.5. The highest BCUT2D eigenvalue weighted by Crippen LogP contribution is 2.40. The highest BCUT2D eigenvalue weighted by atomic mass is 32.1. The van der Waals surface area contributed by atoms with Crippen LogP contribution >= 0.6 is 11.3 Å². The molecule has 0 saturated heterocycles. The molecule has 5 rings (SSSR count). The Morgan fingerprint density at radius 1 is 0.921 bits per heavy atom. The van der Waals surface area contributed by atoms with Crippen molar-refractivity contribution in [3.63, 3.8) is 0 Å². The average molecular weight is 525 g/mol. The third-order valence-corrected chi connectivity index (χ3v) is 7.71. The Morgan fingerprint density at radius 3 is 2.45 bits per heavy atom. The minimum Gasteiger partial charge on any atom is -0.488 e. The third kappa shape index (κ3) is 6.01. The normalized spacial score (nSPS) is 12.7. The number of hydrogen-bond donors (Lipinski definition) is 2. The van der Waals surface area contributed by atoms with Gasteiger partial charge in [0.1, 0.15) is 17.4 Å². The molecule has 6 nitrogen and oxygen atoms in total. The monoisotopic (exact) mass is 524 g/mol. The molecule has 0 radical (unpaired) electrons. The molecular weight excluding hydrogens is 496 g/mol. The van der Waals surface area contributed by atoms with E-state index in [1.807, 2.05) is 54.6 Å². The van der Waals surface area contributed by atoms with Gasteiger partial charge in [-0.05, 0) is 66.6 Å². The van der Waals surface area contributed by atoms with Crippen LogP contribution in [0.4, 0.5) is 5.00 Å². The zero-order valence-corrected chi connectivity index (χ0v) is 21.7. The van der Waals surface area contributed by atoms with Crippen molar-refractivity contribution in [1.82, 2.24) is 5.32 Å². The first-order chi connectivity index (χ1) is 18.6. The van der Waals surface area contributed by atoms with E-state index in [0.29, 0.717) is 24.5 Å². The highest BCUT2D eigenvalue weighted by molar-refractivity contribution is 7.16. The Kier molecular flexibility index (Phi) is 7.95. The summed E-state index contributed by atoms with van der Waals surface area (Å²) in [6.07, 6.45) is 5.85. The van der Waals surface area contributed by atoms with Crippen molar-refractivity contribution in [1.29, 1.82) is 0 Å². The summed E-state index contributed by atoms with van der Waals surface area (Å²) in [5.41, 5.74) is 4.78. The smallest absolute Gasteiger partial charge is 0.335 e. The molecule has 0 unspecified atom stereocenters. The summed E-state index contributed by atoms with van der Waals surface area (Å²) < 4.78 is 6.04. The number of aliphatic imine (C=N–C) groups is 1. The van der Waals surface area contributed by atoms with Gasteiger partial charge in [0.05, 0.1) is 11.1 Å². The van der Waals surface area contributed by atoms with Gasteiger partial charge in [0.25, 0.3) is 5.91 Å². The number of carbonyl (C=O) groups is 2. The average Bonchev–Trinajstić information content (AvgIpc) is 3.33. The van der Waals surface area contributed by atoms with Crippen LogP contribution in [-0.2, 0) is 26.0 Å². The van der Waals surface area contributed by atoms with Crippen molar-refractivity contribution in [3.05, 3.63) is 117 Å². The number of hydrogen-bond acceptors (Lipinski definition) is 5. The maximum atomic E-state index is 13.3. The van der Waals surface area contributed by atoms with Gasteiger partial charge < -0.3 is 15.2 Å². The van der Waals surface area contributed by atoms with Gasteiger partial charge in [-0.25, -0.2) is 9.79 Å². The van der Waals surface area contributed by atoms with E-state index >= 15 is 0 Å². The summed E-state index contributed by atoms with van der Waals surface area (Å²) >= 11 is 1.60. The van der Waals surface area contributed by atoms with E-state index in [-0.39, 0.29) is 11.5 Å². The Bertz CT molecular complexity index is 1460. The van der Waals surface area contributed by atoms with E-state index in [0.717, 1.165) is 52.9 Å². The standard InChI is InChI=1S/C31H28N2O4S/c34-29(32-18-21-8-2-1-3-9-21)28-25-11-5-7-13-27(25)38-30(28)33-19-24-10-4-6-12-26(24)37-20-22-14-16-23(17-15-22)31(35)36/h1-4,6,8-10,12,14-17,19H,5,7,11,13,18,20H2,(H,32,34)(H,35,36). The Morgan fingerprint density at radius 2 is 1.66 bits per heavy atom. The first-order valence-corrected chi connectivity index (χ1v) is 13.4. The number of para-hydroxylation sites is 1. The van der Waals surface area contributed by atoms with Crippen molar-refractivity contribution < 1.29 is 19.4 Å². The lowest BCUT2D eigenvalue weighted by molar-refractivity contribution is 0.0696. The van der Waals surface area contributed by atoms with Crippen molar-refractivity contribution in [2.75, 3.05) is 0 Å². The Hall–Kier alpha value is -4.23. The lowest BCUT2D eigenvalue weighted by Gasteiger charge is -2.13. The Balaban J connectivity index is 1.35. The van der Waals surface area contributed by atoms with Crippen LogP contribution < -0.4 is 10.1 Å². The van der Waals surface area contributed by atoms with Gasteiger partial charge in [-0.3, -0.25) is 4.79 Å². The van der Waals surface area contributed by atoms with Gasteiger partial charge in [0.2, 0.25) is 0 Å². The van der Waals surface area contributed by atoms with Crippen LogP contribution in [0.2, 0.25) is 0 Å². The number of carbonyl (C=O) groups excluding carboxylic acids is 1. The molecule has 1 amide bonds. The molecule has 4 aromatic rings. The number of rotatable bonds is 9. The van der Waals surface area contributed by atoms with Crippen molar-refractivity contribution in [2.45, 2.75) is 38.8 Å². The van der Waals surface area contributed by atoms with Crippen molar-refractivity contribution in [2.24, 2.45) is 4.99 Å². The molecule has 1 aliphatic carbocycles. The van der Waals surface area contributed by atoms with Crippen LogP contribution in [0.5, 0.6) is 5.75 Å². The lowest BCUT2D eigenvalue weighted by Crippen LogP contribution is -2.24. The number of aromatic carboxylic acids is 1. The molecule has 0 aliphatic heterocycles. The number of ether oxygens (including phenoxy) is 1. The molecule has 192 valence electrons. The second kappa shape index (κ2) is 11.9. The van der Waals surface area contributed by atoms with Crippen LogP contribution in [0.3, 0.4) is 0 Å². The molecule has 0 bridgehead atoms. The van der Waals surface area contributed by atoms with Crippen molar-refractivity contribution in [3.8, 4) is 5.75 Å². The number of fused-ring (bicyclic) bond motifs is 1. The van der Waals surface area contributed by atoms with Crippen molar-refractivity contribution >= 4 is 34.4 Å². The van der Waals surface area contributed by atoms with Gasteiger partial charge in [-0.1, -0.05) is 54.6 Å². The number of carboxylic acid groups (broad SMARTS) is 1. The quantitative estimate of drug-likeness (QED) is 0.242. The molecule has 0 spiro atoms. The van der Waals surface area contributed by atoms with E-state index < -0.39 is 5.97 Å². The maximum Gasteiger partial charge on any atom is 0.335 e. The fourth-order valence-electron chi connectivity index (χ4n) is 4.49. The number of nitrogens with zero attached hydrogens (tertiary/aromatic N) is 1. The minimum atomic E-state index is -0.956.